The first-order valence-corrected chi connectivity index (χ1v) is 9.47. The number of rotatable bonds is 2. The Morgan fingerprint density at radius 2 is 1.93 bits per heavy atom. The van der Waals surface area contributed by atoms with Gasteiger partial charge in [-0.05, 0) is 30.7 Å². The molecule has 0 aliphatic carbocycles. The topological polar surface area (TPSA) is 112 Å². The van der Waals surface area contributed by atoms with Crippen LogP contribution in [0.2, 0.25) is 5.02 Å². The Bertz CT molecular complexity index is 1110. The van der Waals surface area contributed by atoms with Crippen LogP contribution in [0.4, 0.5) is 11.4 Å². The van der Waals surface area contributed by atoms with E-state index in [1.807, 2.05) is 24.3 Å². The van der Waals surface area contributed by atoms with Crippen LogP contribution in [-0.2, 0) is 9.59 Å². The third kappa shape index (κ3) is 4.24. The SMILES string of the molecule is O=C(Nc1cnc2[nH]c(=O)oc2c1)C(=O)N1CCCN(c2ccc(Cl)cc2)CC1. The number of hydrogen-bond acceptors (Lipinski definition) is 6. The Labute approximate surface area is 170 Å². The predicted molar refractivity (Wildman–Crippen MR) is 108 cm³/mol. The van der Waals surface area contributed by atoms with Gasteiger partial charge in [-0.25, -0.2) is 9.78 Å². The fourth-order valence-electron chi connectivity index (χ4n) is 3.27. The average Bonchev–Trinajstić information content (AvgIpc) is 2.91. The fraction of sp³-hybridized carbons (Fsp3) is 0.263. The highest BCUT2D eigenvalue weighted by atomic mass is 35.5. The summed E-state index contributed by atoms with van der Waals surface area (Å²) in [6.45, 7) is 2.31. The van der Waals surface area contributed by atoms with Crippen molar-refractivity contribution in [3.63, 3.8) is 0 Å². The second-order valence-corrected chi connectivity index (χ2v) is 7.09. The van der Waals surface area contributed by atoms with Crippen LogP contribution in [0.5, 0.6) is 0 Å². The molecule has 1 fully saturated rings. The van der Waals surface area contributed by atoms with Crippen molar-refractivity contribution in [3.8, 4) is 0 Å². The summed E-state index contributed by atoms with van der Waals surface area (Å²) in [6.07, 6.45) is 2.09. The van der Waals surface area contributed by atoms with Crippen LogP contribution >= 0.6 is 11.6 Å². The molecule has 150 valence electrons. The van der Waals surface area contributed by atoms with E-state index in [2.05, 4.69) is 20.2 Å². The summed E-state index contributed by atoms with van der Waals surface area (Å²) in [7, 11) is 0. The lowest BCUT2D eigenvalue weighted by Crippen LogP contribution is -2.41. The van der Waals surface area contributed by atoms with Gasteiger partial charge >= 0.3 is 17.6 Å². The molecule has 1 aromatic carbocycles. The lowest BCUT2D eigenvalue weighted by Gasteiger charge is -2.23. The number of fused-ring (bicyclic) bond motifs is 1. The highest BCUT2D eigenvalue weighted by Crippen LogP contribution is 2.20. The number of benzene rings is 1. The first-order valence-electron chi connectivity index (χ1n) is 9.09. The summed E-state index contributed by atoms with van der Waals surface area (Å²) in [5.41, 5.74) is 1.78. The van der Waals surface area contributed by atoms with Gasteiger partial charge in [-0.1, -0.05) is 11.6 Å². The zero-order valence-electron chi connectivity index (χ0n) is 15.4. The Balaban J connectivity index is 1.39. The van der Waals surface area contributed by atoms with Crippen molar-refractivity contribution >= 4 is 46.0 Å². The molecule has 0 spiro atoms. The van der Waals surface area contributed by atoms with Crippen LogP contribution in [0.3, 0.4) is 0 Å². The van der Waals surface area contributed by atoms with Gasteiger partial charge in [-0.3, -0.25) is 14.6 Å². The summed E-state index contributed by atoms with van der Waals surface area (Å²) < 4.78 is 4.91. The molecule has 2 N–H and O–H groups in total. The van der Waals surface area contributed by atoms with Gasteiger partial charge in [0, 0.05) is 43.0 Å². The molecule has 1 aliphatic heterocycles. The standard InChI is InChI=1S/C19H18ClN5O4/c20-12-2-4-14(5-3-12)24-6-1-7-25(9-8-24)18(27)17(26)22-13-10-15-16(21-11-13)23-19(28)29-15/h2-5,10-11H,1,6-9H2,(H,22,26)(H,21,23,28). The average molecular weight is 416 g/mol. The van der Waals surface area contributed by atoms with E-state index in [0.717, 1.165) is 18.7 Å². The molecule has 0 radical (unpaired) electrons. The van der Waals surface area contributed by atoms with Crippen LogP contribution in [0, 0.1) is 0 Å². The molecule has 3 heterocycles. The number of oxazole rings is 1. The minimum absolute atomic E-state index is 0.202. The van der Waals surface area contributed by atoms with Crippen molar-refractivity contribution in [1.29, 1.82) is 0 Å². The van der Waals surface area contributed by atoms with Gasteiger partial charge in [-0.15, -0.1) is 0 Å². The number of aromatic amines is 1. The molecule has 10 heteroatoms. The number of nitrogens with one attached hydrogen (secondary N) is 2. The molecule has 2 aromatic heterocycles. The molecular formula is C19H18ClN5O4. The minimum atomic E-state index is -0.760. The maximum absolute atomic E-state index is 12.6. The van der Waals surface area contributed by atoms with Crippen molar-refractivity contribution < 1.29 is 14.0 Å². The second kappa shape index (κ2) is 7.96. The molecule has 2 amide bonds. The van der Waals surface area contributed by atoms with Gasteiger partial charge < -0.3 is 19.5 Å². The number of H-pyrrole nitrogens is 1. The van der Waals surface area contributed by atoms with Gasteiger partial charge in [0.25, 0.3) is 0 Å². The van der Waals surface area contributed by atoms with Gasteiger partial charge in [0.1, 0.15) is 0 Å². The van der Waals surface area contributed by atoms with Crippen molar-refractivity contribution in [3.05, 3.63) is 52.1 Å². The molecule has 9 nitrogen and oxygen atoms in total. The van der Waals surface area contributed by atoms with Gasteiger partial charge in [0.15, 0.2) is 11.2 Å². The third-order valence-corrected chi connectivity index (χ3v) is 4.95. The number of hydrogen-bond donors (Lipinski definition) is 2. The van der Waals surface area contributed by atoms with Crippen molar-refractivity contribution in [2.45, 2.75) is 6.42 Å². The predicted octanol–water partition coefficient (Wildman–Crippen LogP) is 1.85. The molecule has 0 unspecified atom stereocenters. The van der Waals surface area contributed by atoms with E-state index in [0.29, 0.717) is 24.7 Å². The van der Waals surface area contributed by atoms with E-state index < -0.39 is 17.6 Å². The maximum atomic E-state index is 12.6. The highest BCUT2D eigenvalue weighted by molar-refractivity contribution is 6.39. The van der Waals surface area contributed by atoms with E-state index in [1.165, 1.54) is 17.2 Å². The van der Waals surface area contributed by atoms with E-state index in [1.54, 1.807) is 0 Å². The summed E-state index contributed by atoms with van der Waals surface area (Å²) in [5, 5.41) is 3.18. The van der Waals surface area contributed by atoms with Gasteiger partial charge in [0.2, 0.25) is 0 Å². The Hall–Kier alpha value is -3.33. The smallest absolute Gasteiger partial charge is 0.406 e. The number of carbonyl (C=O) groups is 2. The number of anilines is 2. The van der Waals surface area contributed by atoms with Crippen LogP contribution in [0.25, 0.3) is 11.2 Å². The molecule has 0 saturated carbocycles. The molecule has 29 heavy (non-hydrogen) atoms. The number of amides is 2. The molecule has 0 bridgehead atoms. The van der Waals surface area contributed by atoms with E-state index >= 15 is 0 Å². The number of aromatic nitrogens is 2. The molecule has 3 aromatic rings. The number of nitrogens with zero attached hydrogens (tertiary/aromatic N) is 3. The maximum Gasteiger partial charge on any atom is 0.418 e. The third-order valence-electron chi connectivity index (χ3n) is 4.70. The molecular weight excluding hydrogens is 398 g/mol. The molecule has 0 atom stereocenters. The largest absolute Gasteiger partial charge is 0.418 e. The van der Waals surface area contributed by atoms with Gasteiger partial charge in [-0.2, -0.15) is 0 Å². The van der Waals surface area contributed by atoms with Crippen LogP contribution in [-0.4, -0.2) is 52.9 Å². The summed E-state index contributed by atoms with van der Waals surface area (Å²) in [6, 6.07) is 8.98. The van der Waals surface area contributed by atoms with Crippen molar-refractivity contribution in [2.24, 2.45) is 0 Å². The summed E-state index contributed by atoms with van der Waals surface area (Å²) in [4.78, 5) is 46.3. The minimum Gasteiger partial charge on any atom is -0.406 e. The first kappa shape index (κ1) is 19.0. The highest BCUT2D eigenvalue weighted by Gasteiger charge is 2.25. The second-order valence-electron chi connectivity index (χ2n) is 6.65. The number of halogens is 1. The zero-order valence-corrected chi connectivity index (χ0v) is 16.1. The van der Waals surface area contributed by atoms with Crippen molar-refractivity contribution in [1.82, 2.24) is 14.9 Å². The van der Waals surface area contributed by atoms with Crippen LogP contribution in [0.1, 0.15) is 6.42 Å². The Morgan fingerprint density at radius 1 is 1.14 bits per heavy atom. The van der Waals surface area contributed by atoms with Crippen LogP contribution < -0.4 is 16.0 Å². The molecule has 1 aliphatic rings. The normalized spacial score (nSPS) is 14.7. The van der Waals surface area contributed by atoms with Crippen LogP contribution in [0.15, 0.2) is 45.7 Å². The van der Waals surface area contributed by atoms with Gasteiger partial charge in [0.05, 0.1) is 11.9 Å². The number of pyridine rings is 1. The monoisotopic (exact) mass is 415 g/mol. The Kier molecular flexibility index (Phi) is 5.22. The quantitative estimate of drug-likeness (QED) is 0.618. The summed E-state index contributed by atoms with van der Waals surface area (Å²) in [5.74, 6) is -2.01. The molecule has 1 saturated heterocycles. The van der Waals surface area contributed by atoms with Crippen molar-refractivity contribution in [2.75, 3.05) is 36.4 Å². The zero-order chi connectivity index (χ0) is 20.4. The Morgan fingerprint density at radius 3 is 2.72 bits per heavy atom. The lowest BCUT2D eigenvalue weighted by atomic mass is 10.2. The molecule has 4 rings (SSSR count). The van der Waals surface area contributed by atoms with E-state index in [-0.39, 0.29) is 16.9 Å². The lowest BCUT2D eigenvalue weighted by molar-refractivity contribution is -0.143. The van der Waals surface area contributed by atoms with E-state index in [4.69, 9.17) is 16.0 Å². The summed E-state index contributed by atoms with van der Waals surface area (Å²) >= 11 is 5.94. The fourth-order valence-corrected chi connectivity index (χ4v) is 3.39. The number of carbonyl (C=O) groups excluding carboxylic acids is 2. The first-order chi connectivity index (χ1) is 14.0. The van der Waals surface area contributed by atoms with E-state index in [9.17, 15) is 14.4 Å².